The largest absolute Gasteiger partial charge is 0.493 e. The van der Waals surface area contributed by atoms with Crippen molar-refractivity contribution in [3.8, 4) is 11.5 Å². The van der Waals surface area contributed by atoms with Gasteiger partial charge in [0.1, 0.15) is 6.54 Å². The fourth-order valence-corrected chi connectivity index (χ4v) is 5.35. The number of fused-ring (bicyclic) bond motifs is 2. The number of aromatic nitrogens is 2. The summed E-state index contributed by atoms with van der Waals surface area (Å²) < 4.78 is 82.3. The number of pyridine rings is 2. The first-order valence-corrected chi connectivity index (χ1v) is 14.0. The number of amides is 3. The number of ether oxygens (including phenoxy) is 2. The van der Waals surface area contributed by atoms with Crippen LogP contribution in [0.2, 0.25) is 0 Å². The summed E-state index contributed by atoms with van der Waals surface area (Å²) in [5.41, 5.74) is 2.76. The molecule has 2 aromatic heterocycles. The second-order valence-corrected chi connectivity index (χ2v) is 10.5. The van der Waals surface area contributed by atoms with Crippen LogP contribution in [-0.4, -0.2) is 66.5 Å². The minimum Gasteiger partial charge on any atom is -0.493 e. The number of anilines is 4. The quantitative estimate of drug-likeness (QED) is 0.190. The van der Waals surface area contributed by atoms with Crippen LogP contribution in [0.3, 0.4) is 0 Å². The van der Waals surface area contributed by atoms with E-state index in [1.165, 1.54) is 0 Å². The van der Waals surface area contributed by atoms with Gasteiger partial charge in [0.15, 0.2) is 11.5 Å². The molecule has 0 spiro atoms. The zero-order valence-electron chi connectivity index (χ0n) is 25.1. The van der Waals surface area contributed by atoms with Gasteiger partial charge in [0.05, 0.1) is 48.6 Å². The number of alkyl halides is 6. The third-order valence-electron chi connectivity index (χ3n) is 7.52. The lowest BCUT2D eigenvalue weighted by Crippen LogP contribution is -2.33. The van der Waals surface area contributed by atoms with Crippen molar-refractivity contribution in [2.45, 2.75) is 25.2 Å². The van der Waals surface area contributed by atoms with Crippen LogP contribution in [0.25, 0.3) is 10.9 Å². The highest BCUT2D eigenvalue weighted by Crippen LogP contribution is 2.42. The maximum absolute atomic E-state index is 13.3. The average Bonchev–Trinajstić information content (AvgIpc) is 3.35. The number of carboxylic acids is 1. The highest BCUT2D eigenvalue weighted by Gasteiger charge is 2.40. The molecule has 0 atom stereocenters. The number of carbonyl (C=O) groups is 3. The molecule has 4 aromatic rings. The molecule has 1 fully saturated rings. The number of benzene rings is 2. The van der Waals surface area contributed by atoms with Gasteiger partial charge in [-0.25, -0.2) is 14.5 Å². The molecule has 2 aromatic carbocycles. The minimum absolute atomic E-state index is 0.0959. The Kier molecular flexibility index (Phi) is 9.06. The average molecular weight is 678 g/mol. The summed E-state index contributed by atoms with van der Waals surface area (Å²) in [7, 11) is 3.14. The number of hydrogen-bond acceptors (Lipinski definition) is 8. The highest BCUT2D eigenvalue weighted by atomic mass is 19.4. The third-order valence-corrected chi connectivity index (χ3v) is 7.52. The molecule has 3 amide bonds. The van der Waals surface area contributed by atoms with Crippen molar-refractivity contribution in [2.24, 2.45) is 0 Å². The Morgan fingerprint density at radius 3 is 2.21 bits per heavy atom. The van der Waals surface area contributed by atoms with Gasteiger partial charge in [-0.15, -0.1) is 0 Å². The number of halogens is 6. The predicted molar refractivity (Wildman–Crippen MR) is 160 cm³/mol. The molecule has 1 N–H and O–H groups in total. The molecular weight excluding hydrogens is 652 g/mol. The van der Waals surface area contributed by atoms with Crippen molar-refractivity contribution in [3.63, 3.8) is 0 Å². The topological polar surface area (TPSA) is 125 Å². The number of hydrogen-bond donors (Lipinski definition) is 1. The lowest BCUT2D eigenvalue weighted by atomic mass is 9.99. The Hall–Kier alpha value is -5.61. The second-order valence-electron chi connectivity index (χ2n) is 10.5. The van der Waals surface area contributed by atoms with E-state index >= 15 is 0 Å². The number of rotatable bonds is 5. The van der Waals surface area contributed by atoms with Crippen molar-refractivity contribution in [2.75, 3.05) is 42.0 Å². The number of carboxylic acid groups (broad SMARTS) is 1. The fraction of sp³-hybridized carbons (Fsp3) is 0.258. The number of nitrogens with zero attached hydrogens (tertiary/aromatic N) is 5. The molecule has 0 unspecified atom stereocenters. The van der Waals surface area contributed by atoms with E-state index in [1.807, 2.05) is 24.3 Å². The van der Waals surface area contributed by atoms with Crippen LogP contribution >= 0.6 is 0 Å². The number of aryl methyl sites for hydroxylation is 1. The minimum atomic E-state index is -5.08. The standard InChI is InChI=1S/C29H24F3N5O4.C2HF3O2/c1-40-25-12-21-22(13-26(25)41-2)34-8-7-24(21)35-9-3-4-17-10-19(5-6-23(17)35)37-27(38)16-36(28(37)39)20-11-18(14-33-15-20)29(30,31)32;3-2(4,5)1(6)7/h5-8,10-15H,3-4,9,16H2,1-2H3;(H,6,7). The Morgan fingerprint density at radius 2 is 1.56 bits per heavy atom. The lowest BCUT2D eigenvalue weighted by Gasteiger charge is -2.33. The van der Waals surface area contributed by atoms with Gasteiger partial charge in [-0.05, 0) is 54.8 Å². The Morgan fingerprint density at radius 1 is 0.875 bits per heavy atom. The van der Waals surface area contributed by atoms with Gasteiger partial charge in [0.2, 0.25) is 0 Å². The summed E-state index contributed by atoms with van der Waals surface area (Å²) in [6, 6.07) is 11.0. The van der Waals surface area contributed by atoms with Gasteiger partial charge in [-0.3, -0.25) is 19.7 Å². The third kappa shape index (κ3) is 6.61. The van der Waals surface area contributed by atoms with Gasteiger partial charge in [-0.1, -0.05) is 0 Å². The van der Waals surface area contributed by atoms with Crippen LogP contribution in [0.1, 0.15) is 17.5 Å². The molecule has 6 rings (SSSR count). The smallest absolute Gasteiger partial charge is 0.490 e. The van der Waals surface area contributed by atoms with Gasteiger partial charge < -0.3 is 19.5 Å². The molecule has 17 heteroatoms. The van der Waals surface area contributed by atoms with Gasteiger partial charge in [-0.2, -0.15) is 26.3 Å². The Balaban J connectivity index is 0.000000582. The van der Waals surface area contributed by atoms with E-state index in [0.717, 1.165) is 69.3 Å². The van der Waals surface area contributed by atoms with Crippen molar-refractivity contribution >= 4 is 51.6 Å². The molecule has 0 bridgehead atoms. The van der Waals surface area contributed by atoms with Crippen LogP contribution in [0.15, 0.2) is 61.1 Å². The van der Waals surface area contributed by atoms with Crippen molar-refractivity contribution in [3.05, 3.63) is 72.2 Å². The molecule has 48 heavy (non-hydrogen) atoms. The molecule has 0 aliphatic carbocycles. The van der Waals surface area contributed by atoms with Gasteiger partial charge in [0.25, 0.3) is 5.91 Å². The number of carbonyl (C=O) groups excluding carboxylic acids is 2. The summed E-state index contributed by atoms with van der Waals surface area (Å²) in [6.45, 7) is 0.344. The summed E-state index contributed by atoms with van der Waals surface area (Å²) >= 11 is 0. The molecule has 2 aliphatic heterocycles. The summed E-state index contributed by atoms with van der Waals surface area (Å²) in [6.07, 6.45) is -4.63. The highest BCUT2D eigenvalue weighted by molar-refractivity contribution is 6.27. The van der Waals surface area contributed by atoms with Crippen LogP contribution in [0, 0.1) is 0 Å². The summed E-state index contributed by atoms with van der Waals surface area (Å²) in [5.74, 6) is -2.15. The van der Waals surface area contributed by atoms with Gasteiger partial charge in [0, 0.05) is 36.1 Å². The van der Waals surface area contributed by atoms with Crippen LogP contribution < -0.4 is 24.2 Å². The van der Waals surface area contributed by atoms with E-state index in [0.29, 0.717) is 23.4 Å². The lowest BCUT2D eigenvalue weighted by molar-refractivity contribution is -0.192. The Bertz CT molecular complexity index is 1900. The molecule has 11 nitrogen and oxygen atoms in total. The van der Waals surface area contributed by atoms with Gasteiger partial charge >= 0.3 is 24.4 Å². The molecule has 1 saturated heterocycles. The second kappa shape index (κ2) is 12.9. The normalized spacial score (nSPS) is 14.9. The van der Waals surface area contributed by atoms with Crippen LogP contribution in [0.4, 0.5) is 53.9 Å². The van der Waals surface area contributed by atoms with E-state index < -0.39 is 35.8 Å². The molecule has 252 valence electrons. The van der Waals surface area contributed by atoms with E-state index in [-0.39, 0.29) is 12.2 Å². The van der Waals surface area contributed by atoms with Crippen molar-refractivity contribution in [1.29, 1.82) is 0 Å². The fourth-order valence-electron chi connectivity index (χ4n) is 5.35. The van der Waals surface area contributed by atoms with E-state index in [2.05, 4.69) is 14.9 Å². The van der Waals surface area contributed by atoms with E-state index in [1.54, 1.807) is 32.5 Å². The Labute approximate surface area is 267 Å². The predicted octanol–water partition coefficient (Wildman–Crippen LogP) is 6.36. The van der Waals surface area contributed by atoms with Crippen molar-refractivity contribution < 1.29 is 55.3 Å². The zero-order chi connectivity index (χ0) is 35.0. The molecular formula is C31H25F6N5O6. The molecule has 0 radical (unpaired) electrons. The maximum Gasteiger partial charge on any atom is 0.490 e. The molecule has 0 saturated carbocycles. The maximum atomic E-state index is 13.3. The number of methoxy groups -OCH3 is 2. The summed E-state index contributed by atoms with van der Waals surface area (Å²) in [5, 5.41) is 8.00. The van der Waals surface area contributed by atoms with E-state index in [4.69, 9.17) is 19.4 Å². The van der Waals surface area contributed by atoms with E-state index in [9.17, 15) is 35.9 Å². The van der Waals surface area contributed by atoms with Crippen LogP contribution in [0.5, 0.6) is 11.5 Å². The zero-order valence-corrected chi connectivity index (χ0v) is 25.1. The summed E-state index contributed by atoms with van der Waals surface area (Å²) in [4.78, 5) is 47.4. The van der Waals surface area contributed by atoms with Crippen LogP contribution in [-0.2, 0) is 22.2 Å². The monoisotopic (exact) mass is 677 g/mol. The first-order chi connectivity index (χ1) is 22.6. The first-order valence-electron chi connectivity index (χ1n) is 14.0. The molecule has 4 heterocycles. The first kappa shape index (κ1) is 33.7. The SMILES string of the molecule is COc1cc2nccc(N3CCCc4cc(N5C(=O)CN(c6cncc(C(F)(F)F)c6)C5=O)ccc43)c2cc1OC.O=C(O)C(F)(F)F. The number of urea groups is 1. The molecule has 2 aliphatic rings. The number of imide groups is 1. The number of aliphatic carboxylic acids is 1. The van der Waals surface area contributed by atoms with Crippen molar-refractivity contribution in [1.82, 2.24) is 9.97 Å².